The minimum absolute atomic E-state index is 0.117. The van der Waals surface area contributed by atoms with E-state index in [1.807, 2.05) is 0 Å². The summed E-state index contributed by atoms with van der Waals surface area (Å²) in [5, 5.41) is 10.3. The zero-order valence-electron chi connectivity index (χ0n) is 12.2. The van der Waals surface area contributed by atoms with Gasteiger partial charge in [0.25, 0.3) is 0 Å². The van der Waals surface area contributed by atoms with Crippen LogP contribution in [0.4, 0.5) is 0 Å². The molecular weight excluding hydrogens is 196 g/mol. The number of hydrogen-bond donors (Lipinski definition) is 1. The van der Waals surface area contributed by atoms with Crippen molar-refractivity contribution in [1.82, 2.24) is 0 Å². The van der Waals surface area contributed by atoms with Gasteiger partial charge in [0.05, 0.1) is 6.10 Å². The molecule has 0 aromatic heterocycles. The van der Waals surface area contributed by atoms with Crippen molar-refractivity contribution in [2.24, 2.45) is 17.3 Å². The van der Waals surface area contributed by atoms with Gasteiger partial charge in [-0.2, -0.15) is 0 Å². The zero-order valence-corrected chi connectivity index (χ0v) is 12.2. The molecule has 0 rings (SSSR count). The van der Waals surface area contributed by atoms with Gasteiger partial charge in [-0.05, 0) is 30.1 Å². The summed E-state index contributed by atoms with van der Waals surface area (Å²) >= 11 is 0. The molecule has 0 spiro atoms. The third kappa shape index (κ3) is 5.34. The van der Waals surface area contributed by atoms with Crippen molar-refractivity contribution < 1.29 is 5.11 Å². The molecule has 16 heavy (non-hydrogen) atoms. The SMILES string of the molecule is CCCCC(CC)C(O)CC(C)(C)C(C)C. The van der Waals surface area contributed by atoms with E-state index in [0.717, 1.165) is 12.8 Å². The maximum Gasteiger partial charge on any atom is 0.0573 e. The molecule has 2 atom stereocenters. The van der Waals surface area contributed by atoms with E-state index >= 15 is 0 Å². The van der Waals surface area contributed by atoms with Crippen molar-refractivity contribution in [3.05, 3.63) is 0 Å². The molecular formula is C15H32O. The van der Waals surface area contributed by atoms with E-state index in [2.05, 4.69) is 41.5 Å². The van der Waals surface area contributed by atoms with Crippen molar-refractivity contribution >= 4 is 0 Å². The van der Waals surface area contributed by atoms with Gasteiger partial charge in [-0.3, -0.25) is 0 Å². The van der Waals surface area contributed by atoms with Gasteiger partial charge in [-0.15, -0.1) is 0 Å². The first kappa shape index (κ1) is 16.0. The standard InChI is InChI=1S/C15H32O/c1-7-9-10-13(8-2)14(16)11-15(5,6)12(3)4/h12-14,16H,7-11H2,1-6H3. The fraction of sp³-hybridized carbons (Fsp3) is 1.00. The average molecular weight is 228 g/mol. The van der Waals surface area contributed by atoms with Gasteiger partial charge in [-0.1, -0.05) is 60.8 Å². The van der Waals surface area contributed by atoms with E-state index < -0.39 is 0 Å². The van der Waals surface area contributed by atoms with E-state index in [-0.39, 0.29) is 11.5 Å². The highest BCUT2D eigenvalue weighted by molar-refractivity contribution is 4.79. The third-order valence-corrected chi connectivity index (χ3v) is 4.30. The van der Waals surface area contributed by atoms with Crippen LogP contribution in [0.2, 0.25) is 0 Å². The van der Waals surface area contributed by atoms with E-state index in [0.29, 0.717) is 11.8 Å². The lowest BCUT2D eigenvalue weighted by Gasteiger charge is -2.34. The predicted octanol–water partition coefficient (Wildman–Crippen LogP) is 4.64. The Bertz CT molecular complexity index is 172. The van der Waals surface area contributed by atoms with Crippen molar-refractivity contribution in [3.63, 3.8) is 0 Å². The number of aliphatic hydroxyl groups is 1. The van der Waals surface area contributed by atoms with Crippen LogP contribution in [0.1, 0.15) is 73.6 Å². The molecule has 0 radical (unpaired) electrons. The fourth-order valence-corrected chi connectivity index (χ4v) is 2.08. The van der Waals surface area contributed by atoms with E-state index in [9.17, 15) is 5.11 Å². The first-order valence-corrected chi connectivity index (χ1v) is 7.03. The summed E-state index contributed by atoms with van der Waals surface area (Å²) in [6.45, 7) is 13.5. The molecule has 0 saturated heterocycles. The van der Waals surface area contributed by atoms with Crippen LogP contribution in [-0.4, -0.2) is 11.2 Å². The Kier molecular flexibility index (Phi) is 7.30. The van der Waals surface area contributed by atoms with Gasteiger partial charge in [-0.25, -0.2) is 0 Å². The molecule has 0 fully saturated rings. The molecule has 0 aromatic rings. The lowest BCUT2D eigenvalue weighted by Crippen LogP contribution is -2.30. The Morgan fingerprint density at radius 3 is 2.06 bits per heavy atom. The number of hydrogen-bond acceptors (Lipinski definition) is 1. The van der Waals surface area contributed by atoms with Crippen molar-refractivity contribution in [2.75, 3.05) is 0 Å². The van der Waals surface area contributed by atoms with Gasteiger partial charge < -0.3 is 5.11 Å². The second-order valence-corrected chi connectivity index (χ2v) is 6.23. The molecule has 1 heteroatoms. The Hall–Kier alpha value is -0.0400. The van der Waals surface area contributed by atoms with Crippen LogP contribution in [0.5, 0.6) is 0 Å². The summed E-state index contributed by atoms with van der Waals surface area (Å²) in [5.41, 5.74) is 0.249. The Morgan fingerprint density at radius 2 is 1.69 bits per heavy atom. The topological polar surface area (TPSA) is 20.2 Å². The maximum absolute atomic E-state index is 10.3. The Morgan fingerprint density at radius 1 is 1.12 bits per heavy atom. The van der Waals surface area contributed by atoms with Gasteiger partial charge in [0.2, 0.25) is 0 Å². The average Bonchev–Trinajstić information content (AvgIpc) is 2.18. The molecule has 1 nitrogen and oxygen atoms in total. The molecule has 1 N–H and O–H groups in total. The quantitative estimate of drug-likeness (QED) is 0.642. The normalized spacial score (nSPS) is 16.5. The summed E-state index contributed by atoms with van der Waals surface area (Å²) in [6.07, 6.45) is 5.59. The molecule has 0 heterocycles. The molecule has 0 bridgehead atoms. The van der Waals surface area contributed by atoms with Crippen molar-refractivity contribution in [2.45, 2.75) is 79.8 Å². The summed E-state index contributed by atoms with van der Waals surface area (Å²) < 4.78 is 0. The van der Waals surface area contributed by atoms with Gasteiger partial charge in [0.15, 0.2) is 0 Å². The lowest BCUT2D eigenvalue weighted by molar-refractivity contribution is 0.0390. The predicted molar refractivity (Wildman–Crippen MR) is 72.5 cm³/mol. The van der Waals surface area contributed by atoms with Crippen molar-refractivity contribution in [1.29, 1.82) is 0 Å². The first-order chi connectivity index (χ1) is 7.35. The summed E-state index contributed by atoms with van der Waals surface area (Å²) in [7, 11) is 0. The number of aliphatic hydroxyl groups excluding tert-OH is 1. The zero-order chi connectivity index (χ0) is 12.8. The number of unbranched alkanes of at least 4 members (excludes halogenated alkanes) is 1. The molecule has 98 valence electrons. The monoisotopic (exact) mass is 228 g/mol. The van der Waals surface area contributed by atoms with Crippen LogP contribution >= 0.6 is 0 Å². The van der Waals surface area contributed by atoms with Crippen LogP contribution in [0.3, 0.4) is 0 Å². The highest BCUT2D eigenvalue weighted by Crippen LogP contribution is 2.34. The van der Waals surface area contributed by atoms with Crippen LogP contribution in [-0.2, 0) is 0 Å². The summed E-state index contributed by atoms with van der Waals surface area (Å²) in [5.74, 6) is 1.13. The highest BCUT2D eigenvalue weighted by Gasteiger charge is 2.28. The lowest BCUT2D eigenvalue weighted by atomic mass is 9.74. The molecule has 0 aliphatic carbocycles. The highest BCUT2D eigenvalue weighted by atomic mass is 16.3. The van der Waals surface area contributed by atoms with E-state index in [4.69, 9.17) is 0 Å². The van der Waals surface area contributed by atoms with E-state index in [1.54, 1.807) is 0 Å². The molecule has 0 amide bonds. The van der Waals surface area contributed by atoms with Gasteiger partial charge in [0.1, 0.15) is 0 Å². The van der Waals surface area contributed by atoms with Gasteiger partial charge in [0, 0.05) is 0 Å². The molecule has 0 aliphatic rings. The largest absolute Gasteiger partial charge is 0.393 e. The van der Waals surface area contributed by atoms with Crippen LogP contribution in [0.25, 0.3) is 0 Å². The van der Waals surface area contributed by atoms with Crippen LogP contribution < -0.4 is 0 Å². The molecule has 0 aliphatic heterocycles. The summed E-state index contributed by atoms with van der Waals surface area (Å²) in [4.78, 5) is 0. The second kappa shape index (κ2) is 7.32. The molecule has 2 unspecified atom stereocenters. The Labute approximate surface area is 103 Å². The number of rotatable bonds is 8. The fourth-order valence-electron chi connectivity index (χ4n) is 2.08. The van der Waals surface area contributed by atoms with Gasteiger partial charge >= 0.3 is 0 Å². The van der Waals surface area contributed by atoms with Crippen LogP contribution in [0, 0.1) is 17.3 Å². The second-order valence-electron chi connectivity index (χ2n) is 6.23. The van der Waals surface area contributed by atoms with Crippen LogP contribution in [0.15, 0.2) is 0 Å². The molecule has 0 saturated carbocycles. The maximum atomic E-state index is 10.3. The summed E-state index contributed by atoms with van der Waals surface area (Å²) in [6, 6.07) is 0. The Balaban J connectivity index is 4.24. The van der Waals surface area contributed by atoms with Crippen molar-refractivity contribution in [3.8, 4) is 0 Å². The minimum atomic E-state index is -0.117. The third-order valence-electron chi connectivity index (χ3n) is 4.30. The smallest absolute Gasteiger partial charge is 0.0573 e. The molecule has 0 aromatic carbocycles. The first-order valence-electron chi connectivity index (χ1n) is 7.03. The minimum Gasteiger partial charge on any atom is -0.393 e. The van der Waals surface area contributed by atoms with E-state index in [1.165, 1.54) is 19.3 Å².